The summed E-state index contributed by atoms with van der Waals surface area (Å²) in [5, 5.41) is 0. The molecule has 0 aliphatic carbocycles. The fourth-order valence-electron chi connectivity index (χ4n) is 1.20. The van der Waals surface area contributed by atoms with Crippen molar-refractivity contribution >= 4 is 5.69 Å². The Kier molecular flexibility index (Phi) is 3.93. The van der Waals surface area contributed by atoms with Crippen LogP contribution in [0.3, 0.4) is 0 Å². The number of benzene rings is 1. The Morgan fingerprint density at radius 3 is 1.94 bits per heavy atom. The highest BCUT2D eigenvalue weighted by Crippen LogP contribution is 2.40. The molecule has 0 spiro atoms. The van der Waals surface area contributed by atoms with Gasteiger partial charge in [-0.15, -0.1) is 0 Å². The molecule has 1 aromatic carbocycles. The maximum Gasteiger partial charge on any atom is 0.422 e. The summed E-state index contributed by atoms with van der Waals surface area (Å²) < 4.78 is 50.6. The van der Waals surface area contributed by atoms with Crippen LogP contribution in [0.4, 0.5) is 18.9 Å². The van der Waals surface area contributed by atoms with Crippen LogP contribution in [0.5, 0.6) is 17.2 Å². The minimum atomic E-state index is -4.43. The van der Waals surface area contributed by atoms with Gasteiger partial charge in [-0.3, -0.25) is 0 Å². The predicted octanol–water partition coefficient (Wildman–Crippen LogP) is 2.23. The fourth-order valence-corrected chi connectivity index (χ4v) is 1.20. The molecule has 0 bridgehead atoms. The lowest BCUT2D eigenvalue weighted by atomic mass is 10.2. The molecule has 7 heteroatoms. The van der Waals surface area contributed by atoms with E-state index < -0.39 is 12.8 Å². The summed E-state index contributed by atoms with van der Waals surface area (Å²) in [6.07, 6.45) is -4.43. The van der Waals surface area contributed by atoms with Gasteiger partial charge in [0.2, 0.25) is 5.75 Å². The lowest BCUT2D eigenvalue weighted by molar-refractivity contribution is -0.153. The zero-order valence-electron chi connectivity index (χ0n) is 9.30. The van der Waals surface area contributed by atoms with E-state index in [9.17, 15) is 13.2 Å². The van der Waals surface area contributed by atoms with Gasteiger partial charge in [0.15, 0.2) is 18.1 Å². The second-order valence-electron chi connectivity index (χ2n) is 3.16. The largest absolute Gasteiger partial charge is 0.493 e. The minimum absolute atomic E-state index is 0.0890. The highest BCUT2D eigenvalue weighted by atomic mass is 19.4. The molecule has 0 amide bonds. The first-order valence-corrected chi connectivity index (χ1v) is 4.58. The first-order chi connectivity index (χ1) is 7.87. The zero-order valence-corrected chi connectivity index (χ0v) is 9.30. The molecule has 0 aliphatic heterocycles. The standard InChI is InChI=1S/C10H12F3NO3/c1-15-7-3-6(14)4-8(16-2)9(7)17-5-10(11,12)13/h3-4H,5,14H2,1-2H3. The number of nitrogen functional groups attached to an aromatic ring is 1. The van der Waals surface area contributed by atoms with Gasteiger partial charge in [-0.1, -0.05) is 0 Å². The third-order valence-electron chi connectivity index (χ3n) is 1.86. The van der Waals surface area contributed by atoms with E-state index in [-0.39, 0.29) is 17.2 Å². The van der Waals surface area contributed by atoms with E-state index in [0.29, 0.717) is 5.69 Å². The minimum Gasteiger partial charge on any atom is -0.493 e. The van der Waals surface area contributed by atoms with Crippen LogP contribution in [0.25, 0.3) is 0 Å². The van der Waals surface area contributed by atoms with E-state index in [0.717, 1.165) is 0 Å². The Morgan fingerprint density at radius 1 is 1.12 bits per heavy atom. The van der Waals surface area contributed by atoms with Gasteiger partial charge in [-0.2, -0.15) is 13.2 Å². The highest BCUT2D eigenvalue weighted by molar-refractivity contribution is 5.60. The Hall–Kier alpha value is -1.79. The molecular weight excluding hydrogens is 239 g/mol. The molecule has 1 aromatic rings. The summed E-state index contributed by atoms with van der Waals surface area (Å²) in [4.78, 5) is 0. The van der Waals surface area contributed by atoms with Gasteiger partial charge >= 0.3 is 6.18 Å². The van der Waals surface area contributed by atoms with Crippen LogP contribution in [0.15, 0.2) is 12.1 Å². The molecule has 0 unspecified atom stereocenters. The van der Waals surface area contributed by atoms with Gasteiger partial charge in [-0.05, 0) is 0 Å². The van der Waals surface area contributed by atoms with Crippen molar-refractivity contribution < 1.29 is 27.4 Å². The number of hydrogen-bond acceptors (Lipinski definition) is 4. The molecule has 0 saturated carbocycles. The molecule has 0 fully saturated rings. The van der Waals surface area contributed by atoms with Crippen molar-refractivity contribution in [1.82, 2.24) is 0 Å². The average Bonchev–Trinajstić information content (AvgIpc) is 2.24. The third kappa shape index (κ3) is 3.61. The van der Waals surface area contributed by atoms with Crippen LogP contribution >= 0.6 is 0 Å². The number of nitrogens with two attached hydrogens (primary N) is 1. The molecule has 17 heavy (non-hydrogen) atoms. The molecule has 0 saturated heterocycles. The molecule has 0 aliphatic rings. The summed E-state index contributed by atoms with van der Waals surface area (Å²) in [5.74, 6) is 0.0544. The summed E-state index contributed by atoms with van der Waals surface area (Å²) in [6.45, 7) is -1.43. The average molecular weight is 251 g/mol. The van der Waals surface area contributed by atoms with Crippen LogP contribution in [-0.4, -0.2) is 27.0 Å². The van der Waals surface area contributed by atoms with Crippen molar-refractivity contribution in [2.75, 3.05) is 26.6 Å². The normalized spacial score (nSPS) is 11.1. The number of ether oxygens (including phenoxy) is 3. The first kappa shape index (κ1) is 13.3. The number of anilines is 1. The van der Waals surface area contributed by atoms with Crippen LogP contribution in [0.2, 0.25) is 0 Å². The maximum absolute atomic E-state index is 12.1. The summed E-state index contributed by atoms with van der Waals surface area (Å²) in [5.41, 5.74) is 5.83. The van der Waals surface area contributed by atoms with Crippen molar-refractivity contribution in [3.05, 3.63) is 12.1 Å². The molecule has 2 N–H and O–H groups in total. The molecule has 96 valence electrons. The van der Waals surface area contributed by atoms with E-state index in [1.165, 1.54) is 26.4 Å². The fraction of sp³-hybridized carbons (Fsp3) is 0.400. The highest BCUT2D eigenvalue weighted by Gasteiger charge is 2.30. The van der Waals surface area contributed by atoms with E-state index >= 15 is 0 Å². The SMILES string of the molecule is COc1cc(N)cc(OC)c1OCC(F)(F)F. The van der Waals surface area contributed by atoms with Gasteiger partial charge in [0.1, 0.15) is 0 Å². The molecule has 0 heterocycles. The first-order valence-electron chi connectivity index (χ1n) is 4.58. The van der Waals surface area contributed by atoms with E-state index in [1.54, 1.807) is 0 Å². The van der Waals surface area contributed by atoms with Gasteiger partial charge in [0, 0.05) is 17.8 Å². The Bertz CT molecular complexity index is 368. The summed E-state index contributed by atoms with van der Waals surface area (Å²) >= 11 is 0. The predicted molar refractivity (Wildman–Crippen MR) is 55.5 cm³/mol. The molecule has 1 rings (SSSR count). The van der Waals surface area contributed by atoms with Crippen LogP contribution < -0.4 is 19.9 Å². The van der Waals surface area contributed by atoms with Crippen molar-refractivity contribution in [3.8, 4) is 17.2 Å². The Labute approximate surface area is 96.1 Å². The van der Waals surface area contributed by atoms with Crippen molar-refractivity contribution in [3.63, 3.8) is 0 Å². The monoisotopic (exact) mass is 251 g/mol. The van der Waals surface area contributed by atoms with E-state index in [4.69, 9.17) is 15.2 Å². The van der Waals surface area contributed by atoms with Crippen LogP contribution in [0, 0.1) is 0 Å². The summed E-state index contributed by atoms with van der Waals surface area (Å²) in [6, 6.07) is 2.71. The van der Waals surface area contributed by atoms with Gasteiger partial charge in [0.05, 0.1) is 14.2 Å². The van der Waals surface area contributed by atoms with Crippen molar-refractivity contribution in [2.24, 2.45) is 0 Å². The topological polar surface area (TPSA) is 53.7 Å². The maximum atomic E-state index is 12.1. The quantitative estimate of drug-likeness (QED) is 0.834. The molecule has 0 aromatic heterocycles. The molecular formula is C10H12F3NO3. The number of methoxy groups -OCH3 is 2. The van der Waals surface area contributed by atoms with Gasteiger partial charge in [0.25, 0.3) is 0 Å². The van der Waals surface area contributed by atoms with E-state index in [2.05, 4.69) is 4.74 Å². The van der Waals surface area contributed by atoms with E-state index in [1.807, 2.05) is 0 Å². The van der Waals surface area contributed by atoms with Crippen LogP contribution in [0.1, 0.15) is 0 Å². The lowest BCUT2D eigenvalue weighted by Gasteiger charge is -2.16. The Balaban J connectivity index is 3.03. The second kappa shape index (κ2) is 5.03. The number of rotatable bonds is 4. The van der Waals surface area contributed by atoms with Gasteiger partial charge in [-0.25, -0.2) is 0 Å². The second-order valence-corrected chi connectivity index (χ2v) is 3.16. The summed E-state index contributed by atoms with van der Waals surface area (Å²) in [7, 11) is 2.60. The smallest absolute Gasteiger partial charge is 0.422 e. The molecule has 0 atom stereocenters. The van der Waals surface area contributed by atoms with Gasteiger partial charge < -0.3 is 19.9 Å². The zero-order chi connectivity index (χ0) is 13.1. The molecule has 4 nitrogen and oxygen atoms in total. The Morgan fingerprint density at radius 2 is 1.59 bits per heavy atom. The lowest BCUT2D eigenvalue weighted by Crippen LogP contribution is -2.19. The van der Waals surface area contributed by atoms with Crippen molar-refractivity contribution in [1.29, 1.82) is 0 Å². The van der Waals surface area contributed by atoms with Crippen LogP contribution in [-0.2, 0) is 0 Å². The number of hydrogen-bond donors (Lipinski definition) is 1. The molecule has 0 radical (unpaired) electrons. The third-order valence-corrected chi connectivity index (χ3v) is 1.86. The number of alkyl halides is 3. The van der Waals surface area contributed by atoms with Crippen molar-refractivity contribution in [2.45, 2.75) is 6.18 Å². The number of halogens is 3.